The maximum Gasteiger partial charge on any atom is 0.291 e. The zero-order valence-corrected chi connectivity index (χ0v) is 11.9. The molecule has 0 saturated carbocycles. The summed E-state index contributed by atoms with van der Waals surface area (Å²) in [6.07, 6.45) is 0. The molecule has 5 heteroatoms. The Morgan fingerprint density at radius 1 is 1.15 bits per heavy atom. The van der Waals surface area contributed by atoms with Crippen LogP contribution in [0.3, 0.4) is 0 Å². The largest absolute Gasteiger partial charge is 0.483 e. The van der Waals surface area contributed by atoms with Gasteiger partial charge < -0.3 is 4.74 Å². The van der Waals surface area contributed by atoms with Crippen LogP contribution in [0.5, 0.6) is 5.75 Å². The molecule has 4 nitrogen and oxygen atoms in total. The first-order valence-corrected chi connectivity index (χ1v) is 6.46. The van der Waals surface area contributed by atoms with Crippen LogP contribution in [0.15, 0.2) is 48.5 Å². The van der Waals surface area contributed by atoms with Crippen molar-refractivity contribution in [2.75, 3.05) is 0 Å². The Morgan fingerprint density at radius 3 is 2.40 bits per heavy atom. The Kier molecular flexibility index (Phi) is 3.95. The zero-order valence-electron chi connectivity index (χ0n) is 11.2. The van der Waals surface area contributed by atoms with Crippen molar-refractivity contribution in [1.82, 2.24) is 0 Å². The topological polar surface area (TPSA) is 52.4 Å². The number of hydrogen-bond donors (Lipinski definition) is 0. The number of hydrogen-bond acceptors (Lipinski definition) is 3. The Bertz CT molecular complexity index is 626. The van der Waals surface area contributed by atoms with E-state index in [9.17, 15) is 10.1 Å². The highest BCUT2D eigenvalue weighted by Gasteiger charge is 2.23. The molecule has 0 amide bonds. The van der Waals surface area contributed by atoms with Crippen LogP contribution in [0.1, 0.15) is 19.4 Å². The lowest BCUT2D eigenvalue weighted by atomic mass is 9.98. The zero-order chi connectivity index (χ0) is 14.8. The van der Waals surface area contributed by atoms with Crippen LogP contribution in [0.4, 0.5) is 5.69 Å². The highest BCUT2D eigenvalue weighted by molar-refractivity contribution is 6.32. The molecule has 0 fully saturated rings. The summed E-state index contributed by atoms with van der Waals surface area (Å²) in [4.78, 5) is 10.4. The molecule has 0 bridgehead atoms. The van der Waals surface area contributed by atoms with Gasteiger partial charge in [-0.1, -0.05) is 41.9 Å². The Hall–Kier alpha value is -2.07. The SMILES string of the molecule is CC(C)(Oc1ccc(Cl)c([N+](=O)[O-])c1)c1ccccc1. The van der Waals surface area contributed by atoms with E-state index in [1.165, 1.54) is 12.1 Å². The van der Waals surface area contributed by atoms with Gasteiger partial charge in [-0.15, -0.1) is 0 Å². The lowest BCUT2D eigenvalue weighted by molar-refractivity contribution is -0.384. The quantitative estimate of drug-likeness (QED) is 0.613. The van der Waals surface area contributed by atoms with Gasteiger partial charge >= 0.3 is 0 Å². The van der Waals surface area contributed by atoms with Crippen LogP contribution in [0, 0.1) is 10.1 Å². The summed E-state index contributed by atoms with van der Waals surface area (Å²) >= 11 is 5.78. The number of nitro benzene ring substituents is 1. The summed E-state index contributed by atoms with van der Waals surface area (Å²) in [5, 5.41) is 11.0. The molecule has 2 rings (SSSR count). The van der Waals surface area contributed by atoms with Crippen molar-refractivity contribution in [3.05, 3.63) is 69.2 Å². The normalized spacial score (nSPS) is 11.2. The molecule has 0 saturated heterocycles. The van der Waals surface area contributed by atoms with Crippen molar-refractivity contribution in [2.45, 2.75) is 19.4 Å². The molecule has 0 atom stereocenters. The molecule has 0 aliphatic rings. The summed E-state index contributed by atoms with van der Waals surface area (Å²) in [5.74, 6) is 0.412. The Morgan fingerprint density at radius 2 is 1.80 bits per heavy atom. The molecule has 2 aromatic rings. The first-order valence-electron chi connectivity index (χ1n) is 6.08. The number of nitro groups is 1. The third kappa shape index (κ3) is 3.08. The van der Waals surface area contributed by atoms with Crippen molar-refractivity contribution in [3.63, 3.8) is 0 Å². The number of halogens is 1. The summed E-state index contributed by atoms with van der Waals surface area (Å²) in [6, 6.07) is 14.1. The first kappa shape index (κ1) is 14.3. The van der Waals surface area contributed by atoms with E-state index >= 15 is 0 Å². The van der Waals surface area contributed by atoms with Gasteiger partial charge in [0.1, 0.15) is 16.4 Å². The van der Waals surface area contributed by atoms with E-state index in [-0.39, 0.29) is 10.7 Å². The molecule has 0 heterocycles. The number of benzene rings is 2. The van der Waals surface area contributed by atoms with E-state index in [2.05, 4.69) is 0 Å². The number of nitrogens with zero attached hydrogens (tertiary/aromatic N) is 1. The summed E-state index contributed by atoms with van der Waals surface area (Å²) in [7, 11) is 0. The van der Waals surface area contributed by atoms with Crippen molar-refractivity contribution >= 4 is 17.3 Å². The lowest BCUT2D eigenvalue weighted by Crippen LogP contribution is -2.25. The Labute approximate surface area is 122 Å². The maximum absolute atomic E-state index is 10.9. The fraction of sp³-hybridized carbons (Fsp3) is 0.200. The fourth-order valence-electron chi connectivity index (χ4n) is 1.89. The average molecular weight is 292 g/mol. The molecule has 2 aromatic carbocycles. The lowest BCUT2D eigenvalue weighted by Gasteiger charge is -2.27. The minimum Gasteiger partial charge on any atom is -0.483 e. The van der Waals surface area contributed by atoms with E-state index in [0.29, 0.717) is 5.75 Å². The van der Waals surface area contributed by atoms with Gasteiger partial charge in [-0.3, -0.25) is 10.1 Å². The molecule has 20 heavy (non-hydrogen) atoms. The van der Waals surface area contributed by atoms with Crippen molar-refractivity contribution in [3.8, 4) is 5.75 Å². The van der Waals surface area contributed by atoms with Crippen LogP contribution in [-0.4, -0.2) is 4.92 Å². The van der Waals surface area contributed by atoms with E-state index < -0.39 is 10.5 Å². The van der Waals surface area contributed by atoms with E-state index in [4.69, 9.17) is 16.3 Å². The first-order chi connectivity index (χ1) is 9.40. The van der Waals surface area contributed by atoms with Gasteiger partial charge in [0.2, 0.25) is 0 Å². The van der Waals surface area contributed by atoms with E-state index in [1.807, 2.05) is 44.2 Å². The summed E-state index contributed by atoms with van der Waals surface area (Å²) in [6.45, 7) is 3.81. The standard InChI is InChI=1S/C15H14ClNO3/c1-15(2,11-6-4-3-5-7-11)20-12-8-9-13(16)14(10-12)17(18)19/h3-10H,1-2H3. The van der Waals surface area contributed by atoms with Gasteiger partial charge in [-0.2, -0.15) is 0 Å². The third-order valence-electron chi connectivity index (χ3n) is 2.96. The average Bonchev–Trinajstić information content (AvgIpc) is 2.41. The maximum atomic E-state index is 10.9. The van der Waals surface area contributed by atoms with Gasteiger partial charge in [-0.05, 0) is 31.5 Å². The molecular formula is C15H14ClNO3. The van der Waals surface area contributed by atoms with Crippen LogP contribution in [-0.2, 0) is 5.60 Å². The summed E-state index contributed by atoms with van der Waals surface area (Å²) in [5.41, 5.74) is 0.230. The highest BCUT2D eigenvalue weighted by atomic mass is 35.5. The van der Waals surface area contributed by atoms with Crippen LogP contribution in [0.25, 0.3) is 0 Å². The van der Waals surface area contributed by atoms with Gasteiger partial charge in [0.15, 0.2) is 0 Å². The molecule has 0 N–H and O–H groups in total. The molecule has 0 aliphatic heterocycles. The molecule has 0 radical (unpaired) electrons. The predicted molar refractivity (Wildman–Crippen MR) is 78.2 cm³/mol. The molecule has 0 spiro atoms. The summed E-state index contributed by atoms with van der Waals surface area (Å²) < 4.78 is 5.87. The van der Waals surface area contributed by atoms with Crippen LogP contribution in [0.2, 0.25) is 5.02 Å². The van der Waals surface area contributed by atoms with E-state index in [0.717, 1.165) is 5.56 Å². The van der Waals surface area contributed by atoms with Crippen molar-refractivity contribution in [1.29, 1.82) is 0 Å². The number of rotatable bonds is 4. The smallest absolute Gasteiger partial charge is 0.291 e. The van der Waals surface area contributed by atoms with Gasteiger partial charge in [0, 0.05) is 0 Å². The van der Waals surface area contributed by atoms with Gasteiger partial charge in [0.05, 0.1) is 11.0 Å². The van der Waals surface area contributed by atoms with Crippen LogP contribution >= 0.6 is 11.6 Å². The second kappa shape index (κ2) is 5.51. The van der Waals surface area contributed by atoms with E-state index in [1.54, 1.807) is 6.07 Å². The third-order valence-corrected chi connectivity index (χ3v) is 3.28. The second-order valence-electron chi connectivity index (χ2n) is 4.85. The minimum absolute atomic E-state index is 0.0971. The van der Waals surface area contributed by atoms with Crippen LogP contribution < -0.4 is 4.74 Å². The predicted octanol–water partition coefficient (Wildman–Crippen LogP) is 4.56. The fourth-order valence-corrected chi connectivity index (χ4v) is 2.08. The number of ether oxygens (including phenoxy) is 1. The molecular weight excluding hydrogens is 278 g/mol. The molecule has 0 aromatic heterocycles. The van der Waals surface area contributed by atoms with Gasteiger partial charge in [-0.25, -0.2) is 0 Å². The second-order valence-corrected chi connectivity index (χ2v) is 5.26. The highest BCUT2D eigenvalue weighted by Crippen LogP contribution is 2.33. The molecule has 104 valence electrons. The molecule has 0 aliphatic carbocycles. The Balaban J connectivity index is 2.30. The van der Waals surface area contributed by atoms with Gasteiger partial charge in [0.25, 0.3) is 5.69 Å². The monoisotopic (exact) mass is 291 g/mol. The molecule has 0 unspecified atom stereocenters. The van der Waals surface area contributed by atoms with Crippen molar-refractivity contribution in [2.24, 2.45) is 0 Å². The van der Waals surface area contributed by atoms with Crippen molar-refractivity contribution < 1.29 is 9.66 Å². The minimum atomic E-state index is -0.594.